The number of Topliss-reactive ketones (excluding diaryl/α,β-unsaturated/α-hetero) is 1. The predicted octanol–water partition coefficient (Wildman–Crippen LogP) is 0.922. The van der Waals surface area contributed by atoms with Crippen LogP contribution in [0, 0.1) is 0 Å². The van der Waals surface area contributed by atoms with Gasteiger partial charge in [-0.3, -0.25) is 22.9 Å². The SMILES string of the molecule is CC(C)=CCn1c(N2CCCC(N)C2)nc2c1c(=O)n(CC(=O)c1ccccc1NCS(=O)[O-])c(=O)n2C. The van der Waals surface area contributed by atoms with E-state index in [4.69, 9.17) is 10.7 Å². The van der Waals surface area contributed by atoms with Crippen LogP contribution in [0.5, 0.6) is 0 Å². The first-order valence-electron chi connectivity index (χ1n) is 12.3. The van der Waals surface area contributed by atoms with Gasteiger partial charge in [0.1, 0.15) is 0 Å². The van der Waals surface area contributed by atoms with Crippen LogP contribution in [-0.4, -0.2) is 58.2 Å². The summed E-state index contributed by atoms with van der Waals surface area (Å²) >= 11 is -2.37. The highest BCUT2D eigenvalue weighted by Crippen LogP contribution is 2.23. The number of carbonyl (C=O) groups excluding carboxylic acids is 1. The predicted molar refractivity (Wildman–Crippen MR) is 146 cm³/mol. The standard InChI is InChI=1S/C25H33N7O5S/c1-16(2)10-12-31-21-22(28-24(31)30-11-6-7-17(26)13-30)29(3)25(35)32(23(21)34)14-20(33)18-8-4-5-9-19(18)27-15-38(36)37/h4-5,8-10,17,27H,6-7,11-15,26H2,1-3H3,(H,36,37)/p-1. The highest BCUT2D eigenvalue weighted by Gasteiger charge is 2.26. The molecule has 4 rings (SSSR count). The van der Waals surface area contributed by atoms with Crippen LogP contribution in [0.15, 0.2) is 45.5 Å². The van der Waals surface area contributed by atoms with E-state index in [1.165, 1.54) is 17.7 Å². The number of nitrogens with zero attached hydrogens (tertiary/aromatic N) is 5. The number of benzene rings is 1. The van der Waals surface area contributed by atoms with Crippen molar-refractivity contribution < 1.29 is 13.6 Å². The third-order valence-electron chi connectivity index (χ3n) is 6.54. The quantitative estimate of drug-likeness (QED) is 0.228. The summed E-state index contributed by atoms with van der Waals surface area (Å²) in [5.74, 6) is -0.338. The minimum atomic E-state index is -2.37. The number of imidazole rings is 1. The number of piperidine rings is 1. The lowest BCUT2D eigenvalue weighted by molar-refractivity contribution is 0.0969. The van der Waals surface area contributed by atoms with E-state index in [0.29, 0.717) is 24.7 Å². The number of nitrogens with two attached hydrogens (primary N) is 1. The fraction of sp³-hybridized carbons (Fsp3) is 0.440. The van der Waals surface area contributed by atoms with E-state index in [0.717, 1.165) is 29.5 Å². The number of rotatable bonds is 9. The molecule has 3 N–H and O–H groups in total. The fourth-order valence-electron chi connectivity index (χ4n) is 4.63. The first-order chi connectivity index (χ1) is 18.1. The van der Waals surface area contributed by atoms with Crippen molar-refractivity contribution in [2.75, 3.05) is 29.2 Å². The van der Waals surface area contributed by atoms with Gasteiger partial charge in [0, 0.05) is 44.0 Å². The van der Waals surface area contributed by atoms with E-state index in [9.17, 15) is 23.1 Å². The summed E-state index contributed by atoms with van der Waals surface area (Å²) < 4.78 is 26.0. The Bertz CT molecular complexity index is 1530. The molecule has 1 aromatic carbocycles. The van der Waals surface area contributed by atoms with Crippen molar-refractivity contribution in [1.29, 1.82) is 0 Å². The molecule has 0 saturated carbocycles. The van der Waals surface area contributed by atoms with Crippen LogP contribution in [0.25, 0.3) is 11.2 Å². The van der Waals surface area contributed by atoms with Gasteiger partial charge in [0.25, 0.3) is 5.56 Å². The van der Waals surface area contributed by atoms with Crippen molar-refractivity contribution in [1.82, 2.24) is 18.7 Å². The number of hydrogen-bond acceptors (Lipinski definition) is 9. The lowest BCUT2D eigenvalue weighted by Gasteiger charge is -2.31. The van der Waals surface area contributed by atoms with Crippen molar-refractivity contribution in [3.05, 3.63) is 62.3 Å². The topological polar surface area (TPSA) is 160 Å². The number of anilines is 2. The normalized spacial score (nSPS) is 16.4. The number of nitrogens with one attached hydrogen (secondary N) is 1. The monoisotopic (exact) mass is 542 g/mol. The van der Waals surface area contributed by atoms with Gasteiger partial charge in [-0.25, -0.2) is 4.79 Å². The second-order valence-electron chi connectivity index (χ2n) is 9.65. The molecule has 0 bridgehead atoms. The van der Waals surface area contributed by atoms with Crippen molar-refractivity contribution in [3.8, 4) is 0 Å². The molecule has 2 atom stereocenters. The van der Waals surface area contributed by atoms with E-state index >= 15 is 0 Å². The molecule has 3 aromatic rings. The molecule has 13 heteroatoms. The molecule has 0 amide bonds. The maximum Gasteiger partial charge on any atom is 0.332 e. The molecule has 0 spiro atoms. The van der Waals surface area contributed by atoms with Crippen molar-refractivity contribution >= 4 is 39.7 Å². The highest BCUT2D eigenvalue weighted by atomic mass is 32.2. The van der Waals surface area contributed by atoms with Crippen LogP contribution in [0.2, 0.25) is 0 Å². The average Bonchev–Trinajstić information content (AvgIpc) is 3.27. The van der Waals surface area contributed by atoms with Crippen LogP contribution in [0.4, 0.5) is 11.6 Å². The molecular formula is C25H32N7O5S-. The highest BCUT2D eigenvalue weighted by molar-refractivity contribution is 7.79. The summed E-state index contributed by atoms with van der Waals surface area (Å²) in [6, 6.07) is 6.34. The number of aromatic nitrogens is 4. The molecular weight excluding hydrogens is 510 g/mol. The summed E-state index contributed by atoms with van der Waals surface area (Å²) in [6.45, 7) is 5.06. The Labute approximate surface area is 222 Å². The molecule has 2 unspecified atom stereocenters. The average molecular weight is 543 g/mol. The first-order valence-corrected chi connectivity index (χ1v) is 13.6. The number of fused-ring (bicyclic) bond motifs is 1. The van der Waals surface area contributed by atoms with Gasteiger partial charge >= 0.3 is 5.69 Å². The molecule has 1 saturated heterocycles. The molecule has 0 radical (unpaired) electrons. The van der Waals surface area contributed by atoms with Crippen molar-refractivity contribution in [2.24, 2.45) is 12.8 Å². The van der Waals surface area contributed by atoms with Gasteiger partial charge in [-0.2, -0.15) is 4.98 Å². The molecule has 2 aromatic heterocycles. The summed E-state index contributed by atoms with van der Waals surface area (Å²) in [5.41, 5.74) is 6.90. The van der Waals surface area contributed by atoms with Crippen LogP contribution in [-0.2, 0) is 31.2 Å². The zero-order valence-corrected chi connectivity index (χ0v) is 22.5. The van der Waals surface area contributed by atoms with E-state index in [2.05, 4.69) is 5.32 Å². The summed E-state index contributed by atoms with van der Waals surface area (Å²) in [4.78, 5) is 47.0. The maximum atomic E-state index is 13.8. The van der Waals surface area contributed by atoms with E-state index in [1.807, 2.05) is 24.8 Å². The van der Waals surface area contributed by atoms with Crippen molar-refractivity contribution in [3.63, 3.8) is 0 Å². The number of hydrogen-bond donors (Lipinski definition) is 2. The zero-order chi connectivity index (χ0) is 27.6. The van der Waals surface area contributed by atoms with Gasteiger partial charge in [-0.15, -0.1) is 0 Å². The molecule has 38 heavy (non-hydrogen) atoms. The third-order valence-corrected chi connectivity index (χ3v) is 6.92. The number of ketones is 1. The smallest absolute Gasteiger partial charge is 0.332 e. The van der Waals surface area contributed by atoms with Gasteiger partial charge in [0.15, 0.2) is 16.9 Å². The van der Waals surface area contributed by atoms with Gasteiger partial charge in [0.2, 0.25) is 5.95 Å². The van der Waals surface area contributed by atoms with Crippen molar-refractivity contribution in [2.45, 2.75) is 45.8 Å². The minimum absolute atomic E-state index is 0.0220. The lowest BCUT2D eigenvalue weighted by atomic mass is 10.1. The fourth-order valence-corrected chi connectivity index (χ4v) is 4.90. The van der Waals surface area contributed by atoms with Crippen LogP contribution >= 0.6 is 0 Å². The van der Waals surface area contributed by atoms with Crippen LogP contribution < -0.4 is 27.2 Å². The van der Waals surface area contributed by atoms with E-state index in [1.54, 1.807) is 22.8 Å². The molecule has 1 aliphatic heterocycles. The van der Waals surface area contributed by atoms with Crippen LogP contribution in [0.3, 0.4) is 0 Å². The molecule has 1 fully saturated rings. The number of carbonyl (C=O) groups is 1. The summed E-state index contributed by atoms with van der Waals surface area (Å²) in [6.07, 6.45) is 3.76. The van der Waals surface area contributed by atoms with E-state index in [-0.39, 0.29) is 28.6 Å². The first kappa shape index (κ1) is 27.5. The Morgan fingerprint density at radius 1 is 1.26 bits per heavy atom. The van der Waals surface area contributed by atoms with Crippen LogP contribution in [0.1, 0.15) is 37.0 Å². The van der Waals surface area contributed by atoms with Gasteiger partial charge in [-0.1, -0.05) is 23.8 Å². The van der Waals surface area contributed by atoms with Gasteiger partial charge < -0.3 is 25.1 Å². The second kappa shape index (κ2) is 11.5. The molecule has 204 valence electrons. The Morgan fingerprint density at radius 3 is 2.68 bits per heavy atom. The molecule has 3 heterocycles. The largest absolute Gasteiger partial charge is 0.771 e. The second-order valence-corrected chi connectivity index (χ2v) is 10.5. The van der Waals surface area contributed by atoms with E-state index < -0.39 is 34.7 Å². The molecule has 12 nitrogen and oxygen atoms in total. The Kier molecular flexibility index (Phi) is 8.29. The minimum Gasteiger partial charge on any atom is -0.771 e. The van der Waals surface area contributed by atoms with Gasteiger partial charge in [0.05, 0.1) is 12.4 Å². The summed E-state index contributed by atoms with van der Waals surface area (Å²) in [5, 5.41) is 2.69. The number of para-hydroxylation sites is 1. The Morgan fingerprint density at radius 2 is 2.00 bits per heavy atom. The lowest BCUT2D eigenvalue weighted by Crippen LogP contribution is -2.44. The number of aryl methyl sites for hydroxylation is 1. The third kappa shape index (κ3) is 5.64. The molecule has 0 aliphatic carbocycles. The molecule has 1 aliphatic rings. The summed E-state index contributed by atoms with van der Waals surface area (Å²) in [7, 11) is 1.52. The van der Waals surface area contributed by atoms with Gasteiger partial charge in [-0.05, 0) is 49.9 Å². The zero-order valence-electron chi connectivity index (χ0n) is 21.7. The Balaban J connectivity index is 1.82. The number of allylic oxidation sites excluding steroid dienone is 2. The Hall–Kier alpha value is -3.55. The maximum absolute atomic E-state index is 13.8.